The largest absolute Gasteiger partial charge is 0.428 e. The van der Waals surface area contributed by atoms with Crippen molar-refractivity contribution in [2.45, 2.75) is 24.6 Å². The van der Waals surface area contributed by atoms with Crippen molar-refractivity contribution in [3.8, 4) is 0 Å². The van der Waals surface area contributed by atoms with Crippen molar-refractivity contribution in [3.05, 3.63) is 0 Å². The van der Waals surface area contributed by atoms with E-state index in [-0.39, 0.29) is 6.61 Å². The lowest BCUT2D eigenvalue weighted by molar-refractivity contribution is -0.336. The normalized spacial score (nSPS) is 24.9. The highest BCUT2D eigenvalue weighted by Gasteiger charge is 2.58. The van der Waals surface area contributed by atoms with E-state index in [2.05, 4.69) is 9.47 Å². The Labute approximate surface area is 74.8 Å². The fourth-order valence-corrected chi connectivity index (χ4v) is 0.632. The second kappa shape index (κ2) is 3.58. The SMILES string of the molecule is F[C@H](C(F)(F)F)C(F)(F)OC[C@@H]1CO1. The van der Waals surface area contributed by atoms with Crippen molar-refractivity contribution in [1.29, 1.82) is 0 Å². The first-order chi connectivity index (χ1) is 6.23. The summed E-state index contributed by atoms with van der Waals surface area (Å²) in [6.07, 6.45) is -15.5. The highest BCUT2D eigenvalue weighted by Crippen LogP contribution is 2.36. The van der Waals surface area contributed by atoms with E-state index in [4.69, 9.17) is 0 Å². The van der Waals surface area contributed by atoms with Gasteiger partial charge in [-0.3, -0.25) is 0 Å². The molecule has 0 aromatic rings. The molecule has 0 saturated carbocycles. The maximum absolute atomic E-state index is 12.3. The smallest absolute Gasteiger partial charge is 0.371 e. The summed E-state index contributed by atoms with van der Waals surface area (Å²) in [5.41, 5.74) is 0. The molecular weight excluding hydrogens is 218 g/mol. The van der Waals surface area contributed by atoms with Crippen molar-refractivity contribution >= 4 is 0 Å². The molecule has 0 radical (unpaired) electrons. The standard InChI is InChI=1S/C6H6F6O2/c7-4(5(8,9)10)6(11,12)14-2-3-1-13-3/h3-4H,1-2H2/t3-,4+/m0/s1. The van der Waals surface area contributed by atoms with Gasteiger partial charge in [-0.15, -0.1) is 0 Å². The lowest BCUT2D eigenvalue weighted by Crippen LogP contribution is -2.44. The van der Waals surface area contributed by atoms with Gasteiger partial charge in [0.05, 0.1) is 13.2 Å². The highest BCUT2D eigenvalue weighted by molar-refractivity contribution is 4.77. The van der Waals surface area contributed by atoms with E-state index in [1.165, 1.54) is 0 Å². The first-order valence-electron chi connectivity index (χ1n) is 3.57. The fraction of sp³-hybridized carbons (Fsp3) is 1.00. The molecule has 2 nitrogen and oxygen atoms in total. The van der Waals surface area contributed by atoms with Crippen LogP contribution in [0.25, 0.3) is 0 Å². The molecule has 0 amide bonds. The van der Waals surface area contributed by atoms with Gasteiger partial charge in [-0.25, -0.2) is 4.39 Å². The molecule has 84 valence electrons. The van der Waals surface area contributed by atoms with E-state index >= 15 is 0 Å². The molecule has 1 saturated heterocycles. The van der Waals surface area contributed by atoms with Crippen LogP contribution in [0.15, 0.2) is 0 Å². The summed E-state index contributed by atoms with van der Waals surface area (Å²) in [6.45, 7) is -0.609. The van der Waals surface area contributed by atoms with E-state index in [0.717, 1.165) is 0 Å². The monoisotopic (exact) mass is 224 g/mol. The minimum Gasteiger partial charge on any atom is -0.371 e. The van der Waals surface area contributed by atoms with Gasteiger partial charge in [-0.2, -0.15) is 22.0 Å². The summed E-state index contributed by atoms with van der Waals surface area (Å²) in [4.78, 5) is 0. The Hall–Kier alpha value is -0.500. The molecular formula is C6H6F6O2. The summed E-state index contributed by atoms with van der Waals surface area (Å²) in [7, 11) is 0. The minimum atomic E-state index is -5.63. The van der Waals surface area contributed by atoms with Crippen LogP contribution >= 0.6 is 0 Å². The Bertz CT molecular complexity index is 199. The molecule has 14 heavy (non-hydrogen) atoms. The zero-order chi connectivity index (χ0) is 11.0. The quantitative estimate of drug-likeness (QED) is 0.537. The Morgan fingerprint density at radius 3 is 2.14 bits per heavy atom. The molecule has 1 rings (SSSR count). The third kappa shape index (κ3) is 3.02. The van der Waals surface area contributed by atoms with Crippen molar-refractivity contribution in [2.24, 2.45) is 0 Å². The van der Waals surface area contributed by atoms with Gasteiger partial charge in [-0.05, 0) is 0 Å². The van der Waals surface area contributed by atoms with Crippen LogP contribution in [0.1, 0.15) is 0 Å². The van der Waals surface area contributed by atoms with Gasteiger partial charge in [-0.1, -0.05) is 0 Å². The maximum Gasteiger partial charge on any atom is 0.428 e. The van der Waals surface area contributed by atoms with E-state index in [1.807, 2.05) is 0 Å². The van der Waals surface area contributed by atoms with E-state index < -0.39 is 31.2 Å². The van der Waals surface area contributed by atoms with Gasteiger partial charge in [0, 0.05) is 0 Å². The molecule has 8 heteroatoms. The third-order valence-corrected chi connectivity index (χ3v) is 1.45. The topological polar surface area (TPSA) is 21.8 Å². The molecule has 0 aromatic heterocycles. The van der Waals surface area contributed by atoms with E-state index in [9.17, 15) is 26.3 Å². The van der Waals surface area contributed by atoms with Gasteiger partial charge in [0.2, 0.25) is 0 Å². The van der Waals surface area contributed by atoms with Crippen LogP contribution in [0, 0.1) is 0 Å². The van der Waals surface area contributed by atoms with E-state index in [0.29, 0.717) is 0 Å². The maximum atomic E-state index is 12.3. The number of ether oxygens (including phenoxy) is 2. The van der Waals surface area contributed by atoms with Crippen molar-refractivity contribution < 1.29 is 35.8 Å². The zero-order valence-corrected chi connectivity index (χ0v) is 6.65. The lowest BCUT2D eigenvalue weighted by atomic mass is 10.3. The van der Waals surface area contributed by atoms with Crippen LogP contribution in [0.3, 0.4) is 0 Å². The Balaban J connectivity index is 2.44. The Morgan fingerprint density at radius 1 is 1.29 bits per heavy atom. The third-order valence-electron chi connectivity index (χ3n) is 1.45. The summed E-state index contributed by atoms with van der Waals surface area (Å²) < 4.78 is 79.2. The summed E-state index contributed by atoms with van der Waals surface area (Å²) in [6, 6.07) is 0. The molecule has 1 aliphatic heterocycles. The molecule has 0 bridgehead atoms. The average Bonchev–Trinajstić information content (AvgIpc) is 2.81. The van der Waals surface area contributed by atoms with Gasteiger partial charge in [0.15, 0.2) is 0 Å². The molecule has 2 atom stereocenters. The molecule has 0 aromatic carbocycles. The molecule has 1 aliphatic rings. The number of alkyl halides is 6. The highest BCUT2D eigenvalue weighted by atomic mass is 19.4. The second-order valence-electron chi connectivity index (χ2n) is 2.73. The number of epoxide rings is 1. The van der Waals surface area contributed by atoms with Gasteiger partial charge >= 0.3 is 12.3 Å². The zero-order valence-electron chi connectivity index (χ0n) is 6.65. The lowest BCUT2D eigenvalue weighted by Gasteiger charge is -2.21. The van der Waals surface area contributed by atoms with Crippen LogP contribution in [-0.4, -0.2) is 37.8 Å². The number of halogens is 6. The fourth-order valence-electron chi connectivity index (χ4n) is 0.632. The molecule has 0 unspecified atom stereocenters. The average molecular weight is 224 g/mol. The van der Waals surface area contributed by atoms with Crippen molar-refractivity contribution in [2.75, 3.05) is 13.2 Å². The number of rotatable bonds is 4. The molecule has 0 N–H and O–H groups in total. The Morgan fingerprint density at radius 2 is 1.79 bits per heavy atom. The van der Waals surface area contributed by atoms with Crippen LogP contribution in [0.5, 0.6) is 0 Å². The van der Waals surface area contributed by atoms with E-state index in [1.54, 1.807) is 0 Å². The molecule has 1 fully saturated rings. The Kier molecular flexibility index (Phi) is 2.96. The van der Waals surface area contributed by atoms with Crippen molar-refractivity contribution in [3.63, 3.8) is 0 Å². The van der Waals surface area contributed by atoms with Gasteiger partial charge in [0.25, 0.3) is 6.17 Å². The van der Waals surface area contributed by atoms with Crippen molar-refractivity contribution in [1.82, 2.24) is 0 Å². The van der Waals surface area contributed by atoms with Gasteiger partial charge < -0.3 is 9.47 Å². The van der Waals surface area contributed by atoms with Crippen LogP contribution in [-0.2, 0) is 9.47 Å². The predicted molar refractivity (Wildman–Crippen MR) is 31.6 cm³/mol. The van der Waals surface area contributed by atoms with Crippen LogP contribution in [0.2, 0.25) is 0 Å². The van der Waals surface area contributed by atoms with Crippen LogP contribution in [0.4, 0.5) is 26.3 Å². The predicted octanol–water partition coefficient (Wildman–Crippen LogP) is 1.89. The molecule has 0 aliphatic carbocycles. The molecule has 0 spiro atoms. The van der Waals surface area contributed by atoms with Gasteiger partial charge in [0.1, 0.15) is 6.10 Å². The second-order valence-corrected chi connectivity index (χ2v) is 2.73. The number of hydrogen-bond donors (Lipinski definition) is 0. The first kappa shape index (κ1) is 11.6. The molecule has 1 heterocycles. The number of hydrogen-bond acceptors (Lipinski definition) is 2. The van der Waals surface area contributed by atoms with Crippen LogP contribution < -0.4 is 0 Å². The summed E-state index contributed by atoms with van der Waals surface area (Å²) >= 11 is 0. The first-order valence-corrected chi connectivity index (χ1v) is 3.57. The minimum absolute atomic E-state index is 0.138. The summed E-state index contributed by atoms with van der Waals surface area (Å²) in [5.74, 6) is 0. The summed E-state index contributed by atoms with van der Waals surface area (Å²) in [5, 5.41) is 0.